The molecule has 0 unspecified atom stereocenters. The maximum absolute atomic E-state index is 12.9. The molecule has 7 nitrogen and oxygen atoms in total. The molecule has 1 amide bonds. The van der Waals surface area contributed by atoms with Crippen LogP contribution in [0.3, 0.4) is 0 Å². The van der Waals surface area contributed by atoms with Gasteiger partial charge in [0, 0.05) is 4.47 Å². The number of halogens is 2. The highest BCUT2D eigenvalue weighted by atomic mass is 79.9. The average Bonchev–Trinajstić information content (AvgIpc) is 2.79. The Labute approximate surface area is 191 Å². The van der Waals surface area contributed by atoms with Gasteiger partial charge in [-0.2, -0.15) is 5.10 Å². The van der Waals surface area contributed by atoms with E-state index < -0.39 is 17.7 Å². The van der Waals surface area contributed by atoms with Crippen LogP contribution in [-0.2, 0) is 4.79 Å². The third-order valence-corrected chi connectivity index (χ3v) is 4.53. The van der Waals surface area contributed by atoms with Crippen LogP contribution in [0.25, 0.3) is 0 Å². The van der Waals surface area contributed by atoms with Crippen molar-refractivity contribution in [3.8, 4) is 17.2 Å². The highest BCUT2D eigenvalue weighted by Crippen LogP contribution is 2.28. The molecule has 3 rings (SSSR count). The lowest BCUT2D eigenvalue weighted by atomic mass is 10.2. The quantitative estimate of drug-likeness (QED) is 0.215. The summed E-state index contributed by atoms with van der Waals surface area (Å²) >= 11 is 3.31. The highest BCUT2D eigenvalue weighted by Gasteiger charge is 2.13. The number of amides is 1. The molecule has 9 heteroatoms. The molecule has 3 aromatic carbocycles. The minimum Gasteiger partial charge on any atom is -0.493 e. The highest BCUT2D eigenvalue weighted by molar-refractivity contribution is 9.10. The molecule has 0 aliphatic carbocycles. The molecule has 0 fully saturated rings. The summed E-state index contributed by atoms with van der Waals surface area (Å²) < 4.78 is 29.6. The van der Waals surface area contributed by atoms with Gasteiger partial charge in [-0.15, -0.1) is 0 Å². The number of methoxy groups -OCH3 is 1. The molecule has 0 saturated heterocycles. The second kappa shape index (κ2) is 11.1. The molecule has 32 heavy (non-hydrogen) atoms. The molecular formula is C23H18BrFN2O5. The van der Waals surface area contributed by atoms with E-state index in [0.29, 0.717) is 22.6 Å². The number of carbonyl (C=O) groups is 2. The molecule has 0 radical (unpaired) electrons. The third kappa shape index (κ3) is 6.64. The van der Waals surface area contributed by atoms with Crippen molar-refractivity contribution >= 4 is 34.0 Å². The van der Waals surface area contributed by atoms with Gasteiger partial charge in [0.25, 0.3) is 5.91 Å². The van der Waals surface area contributed by atoms with Crippen molar-refractivity contribution in [1.82, 2.24) is 5.43 Å². The zero-order valence-electron chi connectivity index (χ0n) is 16.9. The normalized spacial score (nSPS) is 10.6. The third-order valence-electron chi connectivity index (χ3n) is 4.04. The van der Waals surface area contributed by atoms with Crippen LogP contribution in [0.5, 0.6) is 17.2 Å². The van der Waals surface area contributed by atoms with Crippen LogP contribution in [0.15, 0.2) is 76.3 Å². The molecule has 0 bridgehead atoms. The van der Waals surface area contributed by atoms with E-state index in [1.807, 2.05) is 0 Å². The molecule has 0 aliphatic rings. The number of nitrogens with zero attached hydrogens (tertiary/aromatic N) is 1. The second-order valence-corrected chi connectivity index (χ2v) is 7.26. The van der Waals surface area contributed by atoms with Crippen LogP contribution in [0.1, 0.15) is 15.9 Å². The Morgan fingerprint density at radius 2 is 1.84 bits per heavy atom. The first kappa shape index (κ1) is 23.0. The van der Waals surface area contributed by atoms with E-state index >= 15 is 0 Å². The first-order valence-electron chi connectivity index (χ1n) is 9.30. The summed E-state index contributed by atoms with van der Waals surface area (Å²) in [5, 5.41) is 3.86. The molecular weight excluding hydrogens is 483 g/mol. The summed E-state index contributed by atoms with van der Waals surface area (Å²) in [4.78, 5) is 24.2. The maximum atomic E-state index is 12.9. The van der Waals surface area contributed by atoms with Gasteiger partial charge in [0.05, 0.1) is 18.9 Å². The van der Waals surface area contributed by atoms with Gasteiger partial charge in [-0.1, -0.05) is 22.0 Å². The smallest absolute Gasteiger partial charge is 0.343 e. The summed E-state index contributed by atoms with van der Waals surface area (Å²) in [6.07, 6.45) is 1.40. The van der Waals surface area contributed by atoms with Crippen LogP contribution in [0.2, 0.25) is 0 Å². The van der Waals surface area contributed by atoms with Crippen molar-refractivity contribution in [3.63, 3.8) is 0 Å². The van der Waals surface area contributed by atoms with Gasteiger partial charge in [0.1, 0.15) is 11.6 Å². The summed E-state index contributed by atoms with van der Waals surface area (Å²) in [6, 6.07) is 17.0. The molecule has 0 heterocycles. The largest absolute Gasteiger partial charge is 0.493 e. The van der Waals surface area contributed by atoms with Crippen molar-refractivity contribution in [1.29, 1.82) is 0 Å². The number of esters is 1. The molecule has 1 N–H and O–H groups in total. The Hall–Kier alpha value is -3.72. The van der Waals surface area contributed by atoms with Crippen LogP contribution >= 0.6 is 15.9 Å². The van der Waals surface area contributed by atoms with Gasteiger partial charge >= 0.3 is 5.97 Å². The fraction of sp³-hybridized carbons (Fsp3) is 0.0870. The van der Waals surface area contributed by atoms with Gasteiger partial charge in [-0.3, -0.25) is 4.79 Å². The molecule has 0 aromatic heterocycles. The van der Waals surface area contributed by atoms with E-state index in [1.54, 1.807) is 42.5 Å². The number of benzene rings is 3. The van der Waals surface area contributed by atoms with Crippen LogP contribution in [0, 0.1) is 5.82 Å². The molecule has 0 saturated carbocycles. The minimum atomic E-state index is -0.528. The predicted octanol–water partition coefficient (Wildman–Crippen LogP) is 4.35. The zero-order chi connectivity index (χ0) is 22.9. The predicted molar refractivity (Wildman–Crippen MR) is 120 cm³/mol. The standard InChI is InChI=1S/C23H18BrFN2O5/c1-30-21-11-15(5-10-20(21)32-23(29)16-3-2-4-17(24)12-16)13-26-27-22(28)14-31-19-8-6-18(25)7-9-19/h2-13H,14H2,1H3,(H,27,28)/b26-13-. The van der Waals surface area contributed by atoms with E-state index in [9.17, 15) is 14.0 Å². The van der Waals surface area contributed by atoms with Gasteiger partial charge < -0.3 is 14.2 Å². The second-order valence-electron chi connectivity index (χ2n) is 6.35. The lowest BCUT2D eigenvalue weighted by molar-refractivity contribution is -0.123. The number of rotatable bonds is 8. The summed E-state index contributed by atoms with van der Waals surface area (Å²) in [5.41, 5.74) is 3.31. The fourth-order valence-corrected chi connectivity index (χ4v) is 2.91. The summed E-state index contributed by atoms with van der Waals surface area (Å²) in [6.45, 7) is -0.281. The average molecular weight is 501 g/mol. The lowest BCUT2D eigenvalue weighted by Gasteiger charge is -2.10. The minimum absolute atomic E-state index is 0.242. The van der Waals surface area contributed by atoms with Crippen molar-refractivity contribution in [2.75, 3.05) is 13.7 Å². The number of hydrogen-bond acceptors (Lipinski definition) is 6. The number of carbonyl (C=O) groups excluding carboxylic acids is 2. The summed E-state index contributed by atoms with van der Waals surface area (Å²) in [7, 11) is 1.45. The van der Waals surface area contributed by atoms with Crippen molar-refractivity contribution < 1.29 is 28.2 Å². The number of nitrogens with one attached hydrogen (secondary N) is 1. The first-order chi connectivity index (χ1) is 15.4. The summed E-state index contributed by atoms with van der Waals surface area (Å²) in [5.74, 6) is -0.481. The van der Waals surface area contributed by atoms with Gasteiger partial charge in [-0.25, -0.2) is 14.6 Å². The SMILES string of the molecule is COc1cc(/C=N\NC(=O)COc2ccc(F)cc2)ccc1OC(=O)c1cccc(Br)c1. The van der Waals surface area contributed by atoms with E-state index in [2.05, 4.69) is 26.5 Å². The number of hydrogen-bond donors (Lipinski definition) is 1. The van der Waals surface area contributed by atoms with Gasteiger partial charge in [0.2, 0.25) is 0 Å². The lowest BCUT2D eigenvalue weighted by Crippen LogP contribution is -2.24. The molecule has 0 atom stereocenters. The van der Waals surface area contributed by atoms with E-state index in [0.717, 1.165) is 4.47 Å². The van der Waals surface area contributed by atoms with Crippen LogP contribution in [0.4, 0.5) is 4.39 Å². The Kier molecular flexibility index (Phi) is 7.93. The molecule has 0 spiro atoms. The Bertz CT molecular complexity index is 1140. The molecule has 3 aromatic rings. The van der Waals surface area contributed by atoms with Crippen molar-refractivity contribution in [3.05, 3.63) is 88.1 Å². The van der Waals surface area contributed by atoms with E-state index in [4.69, 9.17) is 14.2 Å². The van der Waals surface area contributed by atoms with Gasteiger partial charge in [0.15, 0.2) is 18.1 Å². The topological polar surface area (TPSA) is 86.2 Å². The van der Waals surface area contributed by atoms with Crippen LogP contribution < -0.4 is 19.6 Å². The van der Waals surface area contributed by atoms with Gasteiger partial charge in [-0.05, 0) is 66.2 Å². The van der Waals surface area contributed by atoms with Crippen molar-refractivity contribution in [2.45, 2.75) is 0 Å². The Morgan fingerprint density at radius 1 is 1.06 bits per heavy atom. The Balaban J connectivity index is 1.56. The first-order valence-corrected chi connectivity index (χ1v) is 10.1. The zero-order valence-corrected chi connectivity index (χ0v) is 18.5. The number of ether oxygens (including phenoxy) is 3. The van der Waals surface area contributed by atoms with Crippen LogP contribution in [-0.4, -0.2) is 31.8 Å². The van der Waals surface area contributed by atoms with Crippen molar-refractivity contribution in [2.24, 2.45) is 5.10 Å². The monoisotopic (exact) mass is 500 g/mol. The maximum Gasteiger partial charge on any atom is 0.343 e. The molecule has 0 aliphatic heterocycles. The fourth-order valence-electron chi connectivity index (χ4n) is 2.51. The Morgan fingerprint density at radius 3 is 2.56 bits per heavy atom. The van der Waals surface area contributed by atoms with E-state index in [1.165, 1.54) is 37.6 Å². The molecule has 164 valence electrons. The van der Waals surface area contributed by atoms with E-state index in [-0.39, 0.29) is 12.4 Å². The number of hydrazone groups is 1.